The monoisotopic (exact) mass is 417 g/mol. The average Bonchev–Trinajstić information content (AvgIpc) is 2.78. The molecule has 1 aromatic carbocycles. The van der Waals surface area contributed by atoms with Crippen molar-refractivity contribution in [3.8, 4) is 0 Å². The zero-order valence-electron chi connectivity index (χ0n) is 17.4. The molecule has 0 amide bonds. The number of nitrogens with zero attached hydrogens (tertiary/aromatic N) is 3. The van der Waals surface area contributed by atoms with Crippen LogP contribution in [0.15, 0.2) is 71.0 Å². The van der Waals surface area contributed by atoms with E-state index in [-0.39, 0.29) is 6.04 Å². The van der Waals surface area contributed by atoms with Gasteiger partial charge in [-0.25, -0.2) is 0 Å². The van der Waals surface area contributed by atoms with Gasteiger partial charge in [0.05, 0.1) is 35.6 Å². The van der Waals surface area contributed by atoms with Gasteiger partial charge in [-0.15, -0.1) is 11.8 Å². The summed E-state index contributed by atoms with van der Waals surface area (Å²) in [5.74, 6) is 1.99. The average molecular weight is 418 g/mol. The van der Waals surface area contributed by atoms with Crippen LogP contribution in [0.25, 0.3) is 10.8 Å². The van der Waals surface area contributed by atoms with E-state index in [0.717, 1.165) is 59.7 Å². The van der Waals surface area contributed by atoms with Crippen LogP contribution >= 0.6 is 11.8 Å². The SMILES string of the molecule is CCCOCc1cc2c(N=C3CSCN4C=C5C=CCCC5=CC34)cccc2cn1. The maximum atomic E-state index is 5.70. The van der Waals surface area contributed by atoms with Crippen LogP contribution < -0.4 is 0 Å². The number of aliphatic imine (C=N–C) groups is 1. The Balaban J connectivity index is 1.49. The lowest BCUT2D eigenvalue weighted by molar-refractivity contribution is 0.119. The molecule has 3 heterocycles. The molecule has 2 aliphatic heterocycles. The molecule has 1 aliphatic carbocycles. The first-order valence-electron chi connectivity index (χ1n) is 10.8. The zero-order valence-corrected chi connectivity index (χ0v) is 18.2. The van der Waals surface area contributed by atoms with Crippen molar-refractivity contribution in [1.82, 2.24) is 9.88 Å². The van der Waals surface area contributed by atoms with E-state index < -0.39 is 0 Å². The molecule has 1 atom stereocenters. The van der Waals surface area contributed by atoms with Gasteiger partial charge in [-0.1, -0.05) is 37.3 Å². The van der Waals surface area contributed by atoms with Crippen LogP contribution in [0.4, 0.5) is 5.69 Å². The smallest absolute Gasteiger partial charge is 0.0888 e. The van der Waals surface area contributed by atoms with E-state index in [1.807, 2.05) is 18.0 Å². The van der Waals surface area contributed by atoms with E-state index in [1.165, 1.54) is 16.9 Å². The third kappa shape index (κ3) is 3.96. The minimum atomic E-state index is 0.265. The molecule has 0 saturated carbocycles. The first-order chi connectivity index (χ1) is 14.8. The van der Waals surface area contributed by atoms with Crippen molar-refractivity contribution >= 4 is 33.9 Å². The van der Waals surface area contributed by atoms with E-state index in [1.54, 1.807) is 0 Å². The molecule has 0 radical (unpaired) electrons. The molecule has 0 bridgehead atoms. The summed E-state index contributed by atoms with van der Waals surface area (Å²) in [7, 11) is 0. The van der Waals surface area contributed by atoms with Crippen molar-refractivity contribution in [2.24, 2.45) is 4.99 Å². The van der Waals surface area contributed by atoms with Gasteiger partial charge in [0.15, 0.2) is 0 Å². The highest BCUT2D eigenvalue weighted by Crippen LogP contribution is 2.34. The van der Waals surface area contributed by atoms with Crippen LogP contribution in [0.1, 0.15) is 31.9 Å². The fourth-order valence-corrected chi connectivity index (χ4v) is 5.23. The number of hydrogen-bond acceptors (Lipinski definition) is 5. The van der Waals surface area contributed by atoms with Gasteiger partial charge in [0.1, 0.15) is 0 Å². The summed E-state index contributed by atoms with van der Waals surface area (Å²) in [6, 6.07) is 8.71. The van der Waals surface area contributed by atoms with E-state index in [2.05, 4.69) is 65.5 Å². The van der Waals surface area contributed by atoms with Crippen molar-refractivity contribution in [2.75, 3.05) is 18.2 Å². The molecular weight excluding hydrogens is 390 g/mol. The van der Waals surface area contributed by atoms with Gasteiger partial charge in [-0.2, -0.15) is 0 Å². The first kappa shape index (κ1) is 19.6. The van der Waals surface area contributed by atoms with Crippen LogP contribution in [0.3, 0.4) is 0 Å². The Morgan fingerprint density at radius 3 is 3.23 bits per heavy atom. The largest absolute Gasteiger partial charge is 0.375 e. The third-order valence-corrected chi connectivity index (χ3v) is 6.74. The molecule has 1 aromatic heterocycles. The topological polar surface area (TPSA) is 37.7 Å². The second-order valence-corrected chi connectivity index (χ2v) is 8.94. The molecule has 1 unspecified atom stereocenters. The van der Waals surface area contributed by atoms with Gasteiger partial charge in [0.25, 0.3) is 0 Å². The van der Waals surface area contributed by atoms with Crippen LogP contribution in [-0.2, 0) is 11.3 Å². The number of thioether (sulfide) groups is 1. The van der Waals surface area contributed by atoms with Crippen LogP contribution in [0.2, 0.25) is 0 Å². The predicted octanol–water partition coefficient (Wildman–Crippen LogP) is 5.78. The predicted molar refractivity (Wildman–Crippen MR) is 126 cm³/mol. The van der Waals surface area contributed by atoms with Crippen molar-refractivity contribution < 1.29 is 4.74 Å². The Hall–Kier alpha value is -2.37. The van der Waals surface area contributed by atoms with Crippen LogP contribution in [-0.4, -0.2) is 39.9 Å². The summed E-state index contributed by atoms with van der Waals surface area (Å²) in [5.41, 5.74) is 6.06. The molecular formula is C25H27N3OS. The lowest BCUT2D eigenvalue weighted by Gasteiger charge is -2.38. The fraction of sp³-hybridized carbons (Fsp3) is 0.360. The minimum absolute atomic E-state index is 0.265. The van der Waals surface area contributed by atoms with E-state index in [9.17, 15) is 0 Å². The van der Waals surface area contributed by atoms with Gasteiger partial charge in [-0.05, 0) is 42.5 Å². The number of benzene rings is 1. The van der Waals surface area contributed by atoms with E-state index >= 15 is 0 Å². The molecule has 1 fully saturated rings. The summed E-state index contributed by atoms with van der Waals surface area (Å²) in [5, 5.41) is 2.27. The minimum Gasteiger partial charge on any atom is -0.375 e. The number of pyridine rings is 1. The molecule has 1 saturated heterocycles. The highest BCUT2D eigenvalue weighted by atomic mass is 32.2. The Bertz CT molecular complexity index is 1070. The second kappa shape index (κ2) is 8.78. The van der Waals surface area contributed by atoms with Gasteiger partial charge in [0.2, 0.25) is 0 Å². The molecule has 2 aromatic rings. The second-order valence-electron chi connectivity index (χ2n) is 7.98. The van der Waals surface area contributed by atoms with E-state index in [4.69, 9.17) is 9.73 Å². The number of ether oxygens (including phenoxy) is 1. The molecule has 154 valence electrons. The number of aromatic nitrogens is 1. The molecule has 5 rings (SSSR count). The Morgan fingerprint density at radius 1 is 1.33 bits per heavy atom. The summed E-state index contributed by atoms with van der Waals surface area (Å²) in [6.45, 7) is 3.43. The van der Waals surface area contributed by atoms with Crippen molar-refractivity contribution in [1.29, 1.82) is 0 Å². The standard InChI is InChI=1S/C25H27N3OS/c1-2-10-29-15-21-12-22-19(13-26-21)8-5-9-23(22)27-24-16-30-17-28-14-20-7-4-3-6-18(20)11-25(24)28/h4-5,7-9,11-14,25H,2-3,6,10,15-17H2,1H3. The molecule has 3 aliphatic rings. The van der Waals surface area contributed by atoms with Crippen molar-refractivity contribution in [3.05, 3.63) is 71.7 Å². The van der Waals surface area contributed by atoms with Gasteiger partial charge >= 0.3 is 0 Å². The highest BCUT2D eigenvalue weighted by molar-refractivity contribution is 8.00. The lowest BCUT2D eigenvalue weighted by atomic mass is 9.90. The maximum absolute atomic E-state index is 5.70. The number of allylic oxidation sites excluding steroid dienone is 4. The van der Waals surface area contributed by atoms with Crippen molar-refractivity contribution in [3.63, 3.8) is 0 Å². The highest BCUT2D eigenvalue weighted by Gasteiger charge is 2.29. The fourth-order valence-electron chi connectivity index (χ4n) is 4.24. The molecule has 4 nitrogen and oxygen atoms in total. The summed E-state index contributed by atoms with van der Waals surface area (Å²) in [6.07, 6.45) is 14.5. The van der Waals surface area contributed by atoms with Gasteiger partial charge in [-0.3, -0.25) is 9.98 Å². The van der Waals surface area contributed by atoms with Gasteiger partial charge in [0, 0.05) is 35.5 Å². The zero-order chi connectivity index (χ0) is 20.3. The Labute approximate surface area is 182 Å². The Morgan fingerprint density at radius 2 is 2.30 bits per heavy atom. The third-order valence-electron chi connectivity index (χ3n) is 5.76. The number of fused-ring (bicyclic) bond motifs is 3. The quantitative estimate of drug-likeness (QED) is 0.578. The molecule has 30 heavy (non-hydrogen) atoms. The normalized spacial score (nSPS) is 22.0. The maximum Gasteiger partial charge on any atom is 0.0888 e. The molecule has 0 spiro atoms. The van der Waals surface area contributed by atoms with E-state index in [0.29, 0.717) is 6.61 Å². The molecule has 5 heteroatoms. The number of rotatable bonds is 5. The Kier molecular flexibility index (Phi) is 5.73. The van der Waals surface area contributed by atoms with Crippen LogP contribution in [0.5, 0.6) is 0 Å². The van der Waals surface area contributed by atoms with Crippen LogP contribution in [0, 0.1) is 0 Å². The summed E-state index contributed by atoms with van der Waals surface area (Å²) in [4.78, 5) is 12.2. The summed E-state index contributed by atoms with van der Waals surface area (Å²) >= 11 is 1.93. The summed E-state index contributed by atoms with van der Waals surface area (Å²) < 4.78 is 5.70. The molecule has 0 N–H and O–H groups in total. The van der Waals surface area contributed by atoms with Crippen molar-refractivity contribution in [2.45, 2.75) is 38.8 Å². The lowest BCUT2D eigenvalue weighted by Crippen LogP contribution is -2.43. The van der Waals surface area contributed by atoms with Gasteiger partial charge < -0.3 is 9.64 Å². The number of hydrogen-bond donors (Lipinski definition) is 0. The first-order valence-corrected chi connectivity index (χ1v) is 11.9.